The molecule has 4 heteroatoms. The summed E-state index contributed by atoms with van der Waals surface area (Å²) >= 11 is 3.65. The lowest BCUT2D eigenvalue weighted by Gasteiger charge is -2.21. The van der Waals surface area contributed by atoms with Gasteiger partial charge in [0.15, 0.2) is 0 Å². The Labute approximate surface area is 124 Å². The van der Waals surface area contributed by atoms with Crippen LogP contribution in [0.1, 0.15) is 31.7 Å². The molecule has 0 aliphatic heterocycles. The first-order valence-electron chi connectivity index (χ1n) is 6.97. The van der Waals surface area contributed by atoms with Gasteiger partial charge in [-0.2, -0.15) is 0 Å². The average Bonchev–Trinajstić information content (AvgIpc) is 3.18. The van der Waals surface area contributed by atoms with E-state index in [1.165, 1.54) is 24.1 Å². The maximum absolute atomic E-state index is 9.33. The lowest BCUT2D eigenvalue weighted by Crippen LogP contribution is -2.22. The molecular formula is C15H23BrN2O. The minimum atomic E-state index is -0.243. The van der Waals surface area contributed by atoms with Crippen LogP contribution in [0.5, 0.6) is 0 Å². The second kappa shape index (κ2) is 6.73. The minimum Gasteiger partial charge on any atom is -0.393 e. The van der Waals surface area contributed by atoms with E-state index in [0.29, 0.717) is 0 Å². The molecule has 0 bridgehead atoms. The number of nitrogens with zero attached hydrogens (tertiary/aromatic N) is 1. The van der Waals surface area contributed by atoms with Gasteiger partial charge in [-0.3, -0.25) is 0 Å². The largest absolute Gasteiger partial charge is 0.393 e. The molecule has 1 aromatic rings. The maximum Gasteiger partial charge on any atom is 0.0528 e. The fourth-order valence-corrected chi connectivity index (χ4v) is 2.48. The first-order chi connectivity index (χ1) is 9.06. The number of halogens is 1. The Morgan fingerprint density at radius 2 is 2.21 bits per heavy atom. The van der Waals surface area contributed by atoms with Crippen LogP contribution in [0, 0.1) is 0 Å². The smallest absolute Gasteiger partial charge is 0.0528 e. The molecule has 1 aliphatic carbocycles. The predicted octanol–water partition coefficient (Wildman–Crippen LogP) is 2.91. The summed E-state index contributed by atoms with van der Waals surface area (Å²) in [4.78, 5) is 2.18. The Kier molecular flexibility index (Phi) is 5.25. The summed E-state index contributed by atoms with van der Waals surface area (Å²) in [6.07, 6.45) is 3.18. The molecule has 106 valence electrons. The van der Waals surface area contributed by atoms with Gasteiger partial charge in [-0.25, -0.2) is 0 Å². The molecule has 1 aliphatic rings. The highest BCUT2D eigenvalue weighted by Gasteiger charge is 2.20. The number of anilines is 1. The van der Waals surface area contributed by atoms with E-state index >= 15 is 0 Å². The zero-order valence-electron chi connectivity index (χ0n) is 11.7. The van der Waals surface area contributed by atoms with Crippen molar-refractivity contribution in [1.82, 2.24) is 5.32 Å². The van der Waals surface area contributed by atoms with E-state index < -0.39 is 0 Å². The second-order valence-corrected chi connectivity index (χ2v) is 6.34. The van der Waals surface area contributed by atoms with Crippen molar-refractivity contribution in [2.45, 2.75) is 44.9 Å². The highest BCUT2D eigenvalue weighted by Crippen LogP contribution is 2.25. The van der Waals surface area contributed by atoms with E-state index in [1.54, 1.807) is 0 Å². The van der Waals surface area contributed by atoms with Crippen LogP contribution < -0.4 is 10.2 Å². The summed E-state index contributed by atoms with van der Waals surface area (Å²) < 4.78 is 1.15. The summed E-state index contributed by atoms with van der Waals surface area (Å²) in [5.41, 5.74) is 2.49. The van der Waals surface area contributed by atoms with Crippen molar-refractivity contribution in [1.29, 1.82) is 0 Å². The summed E-state index contributed by atoms with van der Waals surface area (Å²) in [5.74, 6) is 0. The number of hydrogen-bond acceptors (Lipinski definition) is 3. The van der Waals surface area contributed by atoms with Crippen molar-refractivity contribution in [3.63, 3.8) is 0 Å². The molecule has 1 unspecified atom stereocenters. The molecule has 1 atom stereocenters. The molecule has 1 fully saturated rings. The van der Waals surface area contributed by atoms with E-state index in [0.717, 1.165) is 30.0 Å². The van der Waals surface area contributed by atoms with Crippen molar-refractivity contribution >= 4 is 21.6 Å². The van der Waals surface area contributed by atoms with Gasteiger partial charge in [-0.15, -0.1) is 0 Å². The third-order valence-corrected chi connectivity index (χ3v) is 4.26. The highest BCUT2D eigenvalue weighted by molar-refractivity contribution is 9.10. The van der Waals surface area contributed by atoms with Gasteiger partial charge >= 0.3 is 0 Å². The first-order valence-corrected chi connectivity index (χ1v) is 7.76. The van der Waals surface area contributed by atoms with Gasteiger partial charge in [0, 0.05) is 36.3 Å². The summed E-state index contributed by atoms with van der Waals surface area (Å²) in [5, 5.41) is 12.9. The van der Waals surface area contributed by atoms with Crippen molar-refractivity contribution < 1.29 is 5.11 Å². The number of benzene rings is 1. The zero-order chi connectivity index (χ0) is 13.8. The molecule has 0 aromatic heterocycles. The number of hydrogen-bond donors (Lipinski definition) is 2. The highest BCUT2D eigenvalue weighted by atomic mass is 79.9. The summed E-state index contributed by atoms with van der Waals surface area (Å²) in [7, 11) is 2.06. The van der Waals surface area contributed by atoms with Gasteiger partial charge in [-0.1, -0.05) is 22.0 Å². The second-order valence-electron chi connectivity index (χ2n) is 5.49. The Morgan fingerprint density at radius 3 is 2.79 bits per heavy atom. The number of rotatable bonds is 7. The van der Waals surface area contributed by atoms with Gasteiger partial charge in [0.1, 0.15) is 0 Å². The molecule has 2 rings (SSSR count). The van der Waals surface area contributed by atoms with Crippen LogP contribution in [0.15, 0.2) is 22.7 Å². The molecule has 0 amide bonds. The fraction of sp³-hybridized carbons (Fsp3) is 0.600. The molecule has 0 saturated heterocycles. The lowest BCUT2D eigenvalue weighted by atomic mass is 10.2. The lowest BCUT2D eigenvalue weighted by molar-refractivity contribution is 0.187. The SMILES string of the molecule is CC(O)CCN(C)c1ccc(CNC2CC2)c(Br)c1. The van der Waals surface area contributed by atoms with Crippen LogP contribution in [0.25, 0.3) is 0 Å². The normalized spacial score (nSPS) is 16.4. The third kappa shape index (κ3) is 4.79. The number of aliphatic hydroxyl groups is 1. The van der Waals surface area contributed by atoms with Crippen LogP contribution in [0.4, 0.5) is 5.69 Å². The topological polar surface area (TPSA) is 35.5 Å². The molecule has 1 aromatic carbocycles. The zero-order valence-corrected chi connectivity index (χ0v) is 13.3. The van der Waals surface area contributed by atoms with Crippen molar-refractivity contribution in [3.05, 3.63) is 28.2 Å². The van der Waals surface area contributed by atoms with E-state index in [2.05, 4.69) is 51.4 Å². The van der Waals surface area contributed by atoms with E-state index in [4.69, 9.17) is 0 Å². The van der Waals surface area contributed by atoms with Gasteiger partial charge in [-0.05, 0) is 43.9 Å². The van der Waals surface area contributed by atoms with Gasteiger partial charge in [0.25, 0.3) is 0 Å². The number of aliphatic hydroxyl groups excluding tert-OH is 1. The first kappa shape index (κ1) is 14.8. The predicted molar refractivity (Wildman–Crippen MR) is 83.6 cm³/mol. The third-order valence-electron chi connectivity index (χ3n) is 3.52. The molecule has 3 nitrogen and oxygen atoms in total. The van der Waals surface area contributed by atoms with Crippen LogP contribution in [0.2, 0.25) is 0 Å². The Bertz CT molecular complexity index is 419. The van der Waals surface area contributed by atoms with Crippen LogP contribution in [-0.2, 0) is 6.54 Å². The molecule has 2 N–H and O–H groups in total. The molecule has 0 heterocycles. The Morgan fingerprint density at radius 1 is 1.47 bits per heavy atom. The van der Waals surface area contributed by atoms with Crippen LogP contribution in [-0.4, -0.2) is 30.8 Å². The van der Waals surface area contributed by atoms with Crippen LogP contribution >= 0.6 is 15.9 Å². The average molecular weight is 327 g/mol. The van der Waals surface area contributed by atoms with Crippen molar-refractivity contribution in [2.75, 3.05) is 18.5 Å². The summed E-state index contributed by atoms with van der Waals surface area (Å²) in [6.45, 7) is 3.63. The minimum absolute atomic E-state index is 0.243. The molecule has 1 saturated carbocycles. The standard InChI is InChI=1S/C15H23BrN2O/c1-11(19)7-8-18(2)14-6-3-12(15(16)9-14)10-17-13-4-5-13/h3,6,9,11,13,17,19H,4-5,7-8,10H2,1-2H3. The quantitative estimate of drug-likeness (QED) is 0.808. The van der Waals surface area contributed by atoms with Gasteiger partial charge < -0.3 is 15.3 Å². The number of nitrogens with one attached hydrogen (secondary N) is 1. The maximum atomic E-state index is 9.33. The van der Waals surface area contributed by atoms with E-state index in [1.807, 2.05) is 6.92 Å². The molecule has 0 spiro atoms. The summed E-state index contributed by atoms with van der Waals surface area (Å²) in [6, 6.07) is 7.22. The van der Waals surface area contributed by atoms with Crippen molar-refractivity contribution in [2.24, 2.45) is 0 Å². The Balaban J connectivity index is 1.92. The van der Waals surface area contributed by atoms with Gasteiger partial charge in [0.05, 0.1) is 6.10 Å². The fourth-order valence-electron chi connectivity index (χ4n) is 1.97. The Hall–Kier alpha value is -0.580. The molecule has 19 heavy (non-hydrogen) atoms. The molecule has 0 radical (unpaired) electrons. The van der Waals surface area contributed by atoms with E-state index in [9.17, 15) is 5.11 Å². The van der Waals surface area contributed by atoms with Crippen LogP contribution in [0.3, 0.4) is 0 Å². The monoisotopic (exact) mass is 326 g/mol. The molecular weight excluding hydrogens is 304 g/mol. The van der Waals surface area contributed by atoms with Crippen molar-refractivity contribution in [3.8, 4) is 0 Å². The van der Waals surface area contributed by atoms with Gasteiger partial charge in [0.2, 0.25) is 0 Å². The van der Waals surface area contributed by atoms with E-state index in [-0.39, 0.29) is 6.10 Å².